The maximum Gasteiger partial charge on any atom is 0.124 e. The van der Waals surface area contributed by atoms with Gasteiger partial charge in [0.1, 0.15) is 11.3 Å². The molecule has 0 heterocycles. The molecule has 0 amide bonds. The van der Waals surface area contributed by atoms with E-state index < -0.39 is 5.54 Å². The van der Waals surface area contributed by atoms with Crippen LogP contribution in [-0.4, -0.2) is 26.2 Å². The predicted molar refractivity (Wildman–Crippen MR) is 71.5 cm³/mol. The zero-order chi connectivity index (χ0) is 13.2. The Kier molecular flexibility index (Phi) is 3.44. The van der Waals surface area contributed by atoms with Gasteiger partial charge in [-0.3, -0.25) is 0 Å². The number of hydrogen-bond donors (Lipinski definition) is 1. The van der Waals surface area contributed by atoms with Crippen molar-refractivity contribution < 1.29 is 4.74 Å². The topological polar surface area (TPSA) is 62.3 Å². The summed E-state index contributed by atoms with van der Waals surface area (Å²) in [5.74, 6) is 1.18. The van der Waals surface area contributed by atoms with Crippen molar-refractivity contribution in [2.45, 2.75) is 18.4 Å². The summed E-state index contributed by atoms with van der Waals surface area (Å²) in [6, 6.07) is 10.0. The van der Waals surface area contributed by atoms with E-state index in [1.165, 1.54) is 0 Å². The number of rotatable bonds is 5. The van der Waals surface area contributed by atoms with Gasteiger partial charge in [0, 0.05) is 19.3 Å². The summed E-state index contributed by atoms with van der Waals surface area (Å²) in [6.07, 6.45) is 2.14. The quantitative estimate of drug-likeness (QED) is 0.858. The minimum absolute atomic E-state index is 0.350. The monoisotopic (exact) mass is 245 g/mol. The maximum absolute atomic E-state index is 9.25. The third kappa shape index (κ3) is 2.57. The van der Waals surface area contributed by atoms with Crippen molar-refractivity contribution >= 4 is 5.69 Å². The molecular formula is C14H19N3O. The van der Waals surface area contributed by atoms with E-state index in [1.54, 1.807) is 7.11 Å². The van der Waals surface area contributed by atoms with Crippen LogP contribution in [0.2, 0.25) is 0 Å². The van der Waals surface area contributed by atoms with E-state index in [0.29, 0.717) is 12.5 Å². The first-order chi connectivity index (χ1) is 8.59. The normalized spacial score (nSPS) is 17.7. The Morgan fingerprint density at radius 2 is 2.06 bits per heavy atom. The van der Waals surface area contributed by atoms with Gasteiger partial charge in [0.15, 0.2) is 0 Å². The van der Waals surface area contributed by atoms with Gasteiger partial charge in [0.2, 0.25) is 0 Å². The first-order valence-corrected chi connectivity index (χ1v) is 6.14. The molecule has 1 aromatic rings. The Morgan fingerprint density at radius 3 is 2.50 bits per heavy atom. The summed E-state index contributed by atoms with van der Waals surface area (Å²) in [5, 5.41) is 9.25. The van der Waals surface area contributed by atoms with Crippen molar-refractivity contribution in [3.05, 3.63) is 24.3 Å². The summed E-state index contributed by atoms with van der Waals surface area (Å²) in [5.41, 5.74) is 6.49. The SMILES string of the molecule is COc1ccc(N(C)CC(N)(C#N)C2CC2)cc1. The number of nitrogens with two attached hydrogens (primary N) is 1. The van der Waals surface area contributed by atoms with Crippen molar-refractivity contribution in [1.29, 1.82) is 5.26 Å². The Bertz CT molecular complexity index is 447. The number of ether oxygens (including phenoxy) is 1. The van der Waals surface area contributed by atoms with Crippen molar-refractivity contribution in [2.75, 3.05) is 25.6 Å². The minimum atomic E-state index is -0.728. The van der Waals surface area contributed by atoms with Gasteiger partial charge in [-0.25, -0.2) is 0 Å². The highest BCUT2D eigenvalue weighted by Crippen LogP contribution is 2.38. The van der Waals surface area contributed by atoms with E-state index in [0.717, 1.165) is 24.3 Å². The van der Waals surface area contributed by atoms with E-state index in [-0.39, 0.29) is 0 Å². The second-order valence-corrected chi connectivity index (χ2v) is 4.98. The average molecular weight is 245 g/mol. The molecule has 0 saturated heterocycles. The number of benzene rings is 1. The Labute approximate surface area is 108 Å². The standard InChI is InChI=1S/C14H19N3O/c1-17(10-14(16,9-15)11-3-4-11)12-5-7-13(18-2)8-6-12/h5-8,11H,3-4,10,16H2,1-2H3. The maximum atomic E-state index is 9.25. The third-order valence-electron chi connectivity index (χ3n) is 3.53. The molecule has 4 nitrogen and oxygen atoms in total. The van der Waals surface area contributed by atoms with E-state index in [4.69, 9.17) is 10.5 Å². The van der Waals surface area contributed by atoms with E-state index in [2.05, 4.69) is 6.07 Å². The molecule has 18 heavy (non-hydrogen) atoms. The lowest BCUT2D eigenvalue weighted by Crippen LogP contribution is -2.50. The number of anilines is 1. The van der Waals surface area contributed by atoms with Gasteiger partial charge in [-0.2, -0.15) is 5.26 Å². The van der Waals surface area contributed by atoms with Gasteiger partial charge in [0.05, 0.1) is 13.2 Å². The van der Waals surface area contributed by atoms with Gasteiger partial charge in [-0.05, 0) is 43.0 Å². The molecule has 1 aromatic carbocycles. The minimum Gasteiger partial charge on any atom is -0.497 e. The number of likely N-dealkylation sites (N-methyl/N-ethyl adjacent to an activating group) is 1. The van der Waals surface area contributed by atoms with Crippen LogP contribution < -0.4 is 15.4 Å². The molecule has 2 N–H and O–H groups in total. The molecule has 0 spiro atoms. The molecule has 1 saturated carbocycles. The van der Waals surface area contributed by atoms with Crippen LogP contribution in [0.25, 0.3) is 0 Å². The zero-order valence-corrected chi connectivity index (χ0v) is 10.9. The molecular weight excluding hydrogens is 226 g/mol. The first kappa shape index (κ1) is 12.7. The van der Waals surface area contributed by atoms with Crippen LogP contribution >= 0.6 is 0 Å². The van der Waals surface area contributed by atoms with Gasteiger partial charge in [-0.15, -0.1) is 0 Å². The Hall–Kier alpha value is -1.73. The molecule has 2 rings (SSSR count). The van der Waals surface area contributed by atoms with Gasteiger partial charge < -0.3 is 15.4 Å². The van der Waals surface area contributed by atoms with Crippen LogP contribution in [0.5, 0.6) is 5.75 Å². The van der Waals surface area contributed by atoms with E-state index >= 15 is 0 Å². The molecule has 1 fully saturated rings. The van der Waals surface area contributed by atoms with Crippen LogP contribution in [0.3, 0.4) is 0 Å². The highest BCUT2D eigenvalue weighted by atomic mass is 16.5. The highest BCUT2D eigenvalue weighted by molar-refractivity contribution is 5.49. The van der Waals surface area contributed by atoms with Gasteiger partial charge in [-0.1, -0.05) is 0 Å². The summed E-state index contributed by atoms with van der Waals surface area (Å²) in [7, 11) is 3.61. The molecule has 1 aliphatic rings. The lowest BCUT2D eigenvalue weighted by Gasteiger charge is -2.29. The smallest absolute Gasteiger partial charge is 0.124 e. The summed E-state index contributed by atoms with van der Waals surface area (Å²) in [4.78, 5) is 2.03. The molecule has 0 bridgehead atoms. The molecule has 0 aromatic heterocycles. The zero-order valence-electron chi connectivity index (χ0n) is 10.9. The van der Waals surface area contributed by atoms with Crippen LogP contribution in [0.4, 0.5) is 5.69 Å². The molecule has 4 heteroatoms. The van der Waals surface area contributed by atoms with Crippen molar-refractivity contribution in [2.24, 2.45) is 11.7 Å². The summed E-state index contributed by atoms with van der Waals surface area (Å²) in [6.45, 7) is 0.556. The number of nitriles is 1. The number of hydrogen-bond acceptors (Lipinski definition) is 4. The largest absolute Gasteiger partial charge is 0.497 e. The van der Waals surface area contributed by atoms with E-state index in [1.807, 2.05) is 36.2 Å². The Balaban J connectivity index is 2.06. The average Bonchev–Trinajstić information content (AvgIpc) is 3.23. The van der Waals surface area contributed by atoms with Gasteiger partial charge in [0.25, 0.3) is 0 Å². The Morgan fingerprint density at radius 1 is 1.44 bits per heavy atom. The fourth-order valence-electron chi connectivity index (χ4n) is 2.17. The molecule has 1 atom stereocenters. The molecule has 1 aliphatic carbocycles. The number of methoxy groups -OCH3 is 1. The lowest BCUT2D eigenvalue weighted by molar-refractivity contribution is 0.414. The number of nitrogens with zero attached hydrogens (tertiary/aromatic N) is 2. The summed E-state index contributed by atoms with van der Waals surface area (Å²) < 4.78 is 5.12. The van der Waals surface area contributed by atoms with Crippen LogP contribution in [0.15, 0.2) is 24.3 Å². The molecule has 0 aliphatic heterocycles. The van der Waals surface area contributed by atoms with E-state index in [9.17, 15) is 5.26 Å². The lowest BCUT2D eigenvalue weighted by atomic mass is 9.96. The van der Waals surface area contributed by atoms with Crippen molar-refractivity contribution in [3.8, 4) is 11.8 Å². The molecule has 96 valence electrons. The van der Waals surface area contributed by atoms with Gasteiger partial charge >= 0.3 is 0 Å². The van der Waals surface area contributed by atoms with Crippen molar-refractivity contribution in [3.63, 3.8) is 0 Å². The third-order valence-corrected chi connectivity index (χ3v) is 3.53. The fraction of sp³-hybridized carbons (Fsp3) is 0.500. The second kappa shape index (κ2) is 4.87. The second-order valence-electron chi connectivity index (χ2n) is 4.98. The van der Waals surface area contributed by atoms with Crippen LogP contribution in [-0.2, 0) is 0 Å². The molecule has 1 unspecified atom stereocenters. The van der Waals surface area contributed by atoms with Crippen LogP contribution in [0, 0.1) is 17.2 Å². The highest BCUT2D eigenvalue weighted by Gasteiger charge is 2.43. The molecule has 0 radical (unpaired) electrons. The van der Waals surface area contributed by atoms with Crippen LogP contribution in [0.1, 0.15) is 12.8 Å². The summed E-state index contributed by atoms with van der Waals surface area (Å²) >= 11 is 0. The first-order valence-electron chi connectivity index (χ1n) is 6.14. The fourth-order valence-corrected chi connectivity index (χ4v) is 2.17. The predicted octanol–water partition coefficient (Wildman–Crippen LogP) is 1.76. The van der Waals surface area contributed by atoms with Crippen molar-refractivity contribution in [1.82, 2.24) is 0 Å².